The lowest BCUT2D eigenvalue weighted by Crippen LogP contribution is -2.45. The molecule has 0 atom stereocenters. The fourth-order valence-corrected chi connectivity index (χ4v) is 4.53. The van der Waals surface area contributed by atoms with Gasteiger partial charge in [0.1, 0.15) is 5.82 Å². The second-order valence-corrected chi connectivity index (χ2v) is 9.97. The van der Waals surface area contributed by atoms with E-state index in [0.717, 1.165) is 23.3 Å². The van der Waals surface area contributed by atoms with Gasteiger partial charge in [0.05, 0.1) is 13.1 Å². The normalized spacial score (nSPS) is 11.1. The summed E-state index contributed by atoms with van der Waals surface area (Å²) in [4.78, 5) is 30.7. The van der Waals surface area contributed by atoms with Crippen LogP contribution in [0.15, 0.2) is 41.8 Å². The first kappa shape index (κ1) is 27.0. The van der Waals surface area contributed by atoms with Crippen LogP contribution in [0.4, 0.5) is 4.39 Å². The molecule has 0 N–H and O–H groups in total. The standard InChI is InChI=1S/C27H39FN2O2S/c1-4-5-6-7-8-9-10-13-26(31)30(22(2)3)21-27(32)29(20-25-12-11-18-33-25)19-23-14-16-24(28)17-15-23/h11-12,14-18,22H,4-10,13,19-21H2,1-3H3. The van der Waals surface area contributed by atoms with Gasteiger partial charge in [-0.05, 0) is 49.4 Å². The summed E-state index contributed by atoms with van der Waals surface area (Å²) in [5.74, 6) is -0.337. The summed E-state index contributed by atoms with van der Waals surface area (Å²) >= 11 is 1.60. The maximum atomic E-state index is 13.3. The predicted molar refractivity (Wildman–Crippen MR) is 134 cm³/mol. The third kappa shape index (κ3) is 10.1. The highest BCUT2D eigenvalue weighted by Crippen LogP contribution is 2.17. The number of carbonyl (C=O) groups is 2. The van der Waals surface area contributed by atoms with Crippen LogP contribution >= 0.6 is 11.3 Å². The fourth-order valence-electron chi connectivity index (χ4n) is 3.81. The number of unbranched alkanes of at least 4 members (excludes halogenated alkanes) is 6. The van der Waals surface area contributed by atoms with Gasteiger partial charge in [0.15, 0.2) is 0 Å². The maximum Gasteiger partial charge on any atom is 0.242 e. The van der Waals surface area contributed by atoms with E-state index in [2.05, 4.69) is 6.92 Å². The minimum Gasteiger partial charge on any atom is -0.332 e. The molecular weight excluding hydrogens is 435 g/mol. The number of thiophene rings is 1. The third-order valence-corrected chi connectivity index (χ3v) is 6.67. The topological polar surface area (TPSA) is 40.6 Å². The van der Waals surface area contributed by atoms with E-state index in [9.17, 15) is 14.0 Å². The van der Waals surface area contributed by atoms with Gasteiger partial charge in [-0.25, -0.2) is 4.39 Å². The molecular formula is C27H39FN2O2S. The van der Waals surface area contributed by atoms with Crippen molar-refractivity contribution >= 4 is 23.2 Å². The van der Waals surface area contributed by atoms with E-state index in [1.165, 1.54) is 44.2 Å². The van der Waals surface area contributed by atoms with Crippen molar-refractivity contribution in [2.45, 2.75) is 91.3 Å². The average Bonchev–Trinajstić information content (AvgIpc) is 3.30. The molecule has 182 valence electrons. The number of benzene rings is 1. The van der Waals surface area contributed by atoms with E-state index in [1.807, 2.05) is 31.4 Å². The molecule has 0 aliphatic carbocycles. The van der Waals surface area contributed by atoms with Crippen molar-refractivity contribution in [3.05, 3.63) is 58.0 Å². The summed E-state index contributed by atoms with van der Waals surface area (Å²) in [6, 6.07) is 10.2. The molecule has 0 fully saturated rings. The number of carbonyl (C=O) groups excluding carboxylic acids is 2. The Morgan fingerprint density at radius 2 is 1.58 bits per heavy atom. The van der Waals surface area contributed by atoms with Crippen molar-refractivity contribution in [1.82, 2.24) is 9.80 Å². The van der Waals surface area contributed by atoms with Crippen LogP contribution in [-0.2, 0) is 22.7 Å². The van der Waals surface area contributed by atoms with Crippen LogP contribution < -0.4 is 0 Å². The van der Waals surface area contributed by atoms with E-state index >= 15 is 0 Å². The number of amides is 2. The van der Waals surface area contributed by atoms with Gasteiger partial charge in [0.25, 0.3) is 0 Å². The van der Waals surface area contributed by atoms with E-state index in [1.54, 1.807) is 33.3 Å². The second kappa shape index (κ2) is 14.8. The Balaban J connectivity index is 1.96. The van der Waals surface area contributed by atoms with Gasteiger partial charge in [-0.2, -0.15) is 0 Å². The quantitative estimate of drug-likeness (QED) is 0.267. The van der Waals surface area contributed by atoms with Crippen molar-refractivity contribution in [3.8, 4) is 0 Å². The SMILES string of the molecule is CCCCCCCCCC(=O)N(CC(=O)N(Cc1ccc(F)cc1)Cc1cccs1)C(C)C. The lowest BCUT2D eigenvalue weighted by molar-refractivity contribution is -0.142. The molecule has 0 unspecified atom stereocenters. The minimum atomic E-state index is -0.295. The van der Waals surface area contributed by atoms with Gasteiger partial charge in [-0.1, -0.05) is 63.6 Å². The molecule has 0 aliphatic heterocycles. The minimum absolute atomic E-state index is 0.0413. The number of nitrogens with zero attached hydrogens (tertiary/aromatic N) is 2. The van der Waals surface area contributed by atoms with Crippen molar-refractivity contribution < 1.29 is 14.0 Å². The van der Waals surface area contributed by atoms with Gasteiger partial charge in [-0.15, -0.1) is 11.3 Å². The Kier molecular flexibility index (Phi) is 12.2. The lowest BCUT2D eigenvalue weighted by Gasteiger charge is -2.30. The molecule has 2 amide bonds. The van der Waals surface area contributed by atoms with Gasteiger partial charge in [0.2, 0.25) is 11.8 Å². The predicted octanol–water partition coefficient (Wildman–Crippen LogP) is 6.79. The molecule has 0 bridgehead atoms. The maximum absolute atomic E-state index is 13.3. The van der Waals surface area contributed by atoms with E-state index < -0.39 is 0 Å². The summed E-state index contributed by atoms with van der Waals surface area (Å²) < 4.78 is 13.3. The van der Waals surface area contributed by atoms with E-state index in [4.69, 9.17) is 0 Å². The summed E-state index contributed by atoms with van der Waals surface area (Å²) in [6.07, 6.45) is 8.60. The van der Waals surface area contributed by atoms with Crippen LogP contribution in [0.2, 0.25) is 0 Å². The zero-order chi connectivity index (χ0) is 24.1. The highest BCUT2D eigenvalue weighted by atomic mass is 32.1. The molecule has 2 rings (SSSR count). The molecule has 1 aromatic carbocycles. The van der Waals surface area contributed by atoms with Crippen LogP contribution in [0.3, 0.4) is 0 Å². The van der Waals surface area contributed by atoms with Gasteiger partial charge in [0, 0.05) is 23.9 Å². The van der Waals surface area contributed by atoms with Crippen LogP contribution in [0, 0.1) is 5.82 Å². The molecule has 6 heteroatoms. The molecule has 33 heavy (non-hydrogen) atoms. The number of rotatable bonds is 15. The zero-order valence-electron chi connectivity index (χ0n) is 20.4. The first-order valence-corrected chi connectivity index (χ1v) is 13.1. The molecule has 0 spiro atoms. The zero-order valence-corrected chi connectivity index (χ0v) is 21.2. The largest absolute Gasteiger partial charge is 0.332 e. The Labute approximate surface area is 202 Å². The lowest BCUT2D eigenvalue weighted by atomic mass is 10.1. The smallest absolute Gasteiger partial charge is 0.242 e. The summed E-state index contributed by atoms with van der Waals surface area (Å²) in [6.45, 7) is 7.06. The van der Waals surface area contributed by atoms with Gasteiger partial charge < -0.3 is 9.80 Å². The molecule has 4 nitrogen and oxygen atoms in total. The molecule has 1 heterocycles. The van der Waals surface area contributed by atoms with Crippen LogP contribution in [0.1, 0.15) is 82.6 Å². The number of halogens is 1. The molecule has 1 aromatic heterocycles. The Bertz CT molecular complexity index is 821. The van der Waals surface area contributed by atoms with Crippen molar-refractivity contribution in [2.75, 3.05) is 6.54 Å². The van der Waals surface area contributed by atoms with Crippen molar-refractivity contribution in [1.29, 1.82) is 0 Å². The van der Waals surface area contributed by atoms with Crippen LogP contribution in [-0.4, -0.2) is 34.2 Å². The Morgan fingerprint density at radius 1 is 0.909 bits per heavy atom. The van der Waals surface area contributed by atoms with Crippen LogP contribution in [0.25, 0.3) is 0 Å². The summed E-state index contributed by atoms with van der Waals surface area (Å²) in [5, 5.41) is 1.99. The molecule has 0 radical (unpaired) electrons. The van der Waals surface area contributed by atoms with Crippen molar-refractivity contribution in [2.24, 2.45) is 0 Å². The molecule has 0 aliphatic rings. The fraction of sp³-hybridized carbons (Fsp3) is 0.556. The van der Waals surface area contributed by atoms with E-state index in [-0.39, 0.29) is 30.2 Å². The summed E-state index contributed by atoms with van der Waals surface area (Å²) in [5.41, 5.74) is 0.867. The molecule has 0 saturated heterocycles. The average molecular weight is 475 g/mol. The highest BCUT2D eigenvalue weighted by molar-refractivity contribution is 7.09. The first-order chi connectivity index (χ1) is 15.9. The van der Waals surface area contributed by atoms with Gasteiger partial charge >= 0.3 is 0 Å². The Morgan fingerprint density at radius 3 is 2.18 bits per heavy atom. The van der Waals surface area contributed by atoms with Crippen molar-refractivity contribution in [3.63, 3.8) is 0 Å². The third-order valence-electron chi connectivity index (χ3n) is 5.81. The van der Waals surface area contributed by atoms with E-state index in [0.29, 0.717) is 19.5 Å². The Hall–Kier alpha value is -2.21. The molecule has 2 aromatic rings. The molecule has 0 saturated carbocycles. The number of hydrogen-bond acceptors (Lipinski definition) is 3. The summed E-state index contributed by atoms with van der Waals surface area (Å²) in [7, 11) is 0. The second-order valence-electron chi connectivity index (χ2n) is 8.94. The highest BCUT2D eigenvalue weighted by Gasteiger charge is 2.23. The number of hydrogen-bond donors (Lipinski definition) is 0. The monoisotopic (exact) mass is 474 g/mol. The first-order valence-electron chi connectivity index (χ1n) is 12.2. The van der Waals surface area contributed by atoms with Gasteiger partial charge in [-0.3, -0.25) is 9.59 Å². The van der Waals surface area contributed by atoms with Crippen LogP contribution in [0.5, 0.6) is 0 Å².